The molecule has 0 radical (unpaired) electrons. The van der Waals surface area contributed by atoms with Gasteiger partial charge in [-0.3, -0.25) is 24.8 Å². The Morgan fingerprint density at radius 2 is 2.05 bits per heavy atom. The van der Waals surface area contributed by atoms with Gasteiger partial charge in [-0.15, -0.1) is 0 Å². The van der Waals surface area contributed by atoms with Gasteiger partial charge in [-0.1, -0.05) is 12.2 Å². The summed E-state index contributed by atoms with van der Waals surface area (Å²) >= 11 is 0. The Morgan fingerprint density at radius 1 is 1.32 bits per heavy atom. The normalized spacial score (nSPS) is 35.1. The molecular formula is C16H15N3O3. The third-order valence-electron chi connectivity index (χ3n) is 5.27. The molecule has 1 aromatic rings. The lowest BCUT2D eigenvalue weighted by Crippen LogP contribution is -2.48. The highest BCUT2D eigenvalue weighted by Gasteiger charge is 2.67. The molecule has 1 aliphatic heterocycles. The van der Waals surface area contributed by atoms with Gasteiger partial charge >= 0.3 is 0 Å². The molecule has 1 aromatic heterocycles. The van der Waals surface area contributed by atoms with Crippen molar-refractivity contribution in [1.29, 1.82) is 0 Å². The predicted octanol–water partition coefficient (Wildman–Crippen LogP) is 0.924. The van der Waals surface area contributed by atoms with E-state index in [1.54, 1.807) is 0 Å². The Morgan fingerprint density at radius 3 is 2.73 bits per heavy atom. The van der Waals surface area contributed by atoms with Crippen molar-refractivity contribution in [2.24, 2.45) is 23.2 Å². The van der Waals surface area contributed by atoms with E-state index in [9.17, 15) is 14.4 Å². The number of fused-ring (bicyclic) bond motifs is 5. The van der Waals surface area contributed by atoms with Crippen LogP contribution in [0.2, 0.25) is 0 Å². The molecule has 0 unspecified atom stereocenters. The van der Waals surface area contributed by atoms with Crippen LogP contribution in [0.5, 0.6) is 0 Å². The molecule has 0 spiro atoms. The molecule has 2 bridgehead atoms. The van der Waals surface area contributed by atoms with E-state index in [1.165, 1.54) is 24.5 Å². The number of rotatable bonds is 2. The number of allylic oxidation sites excluding steroid dienone is 2. The summed E-state index contributed by atoms with van der Waals surface area (Å²) in [5.74, 6) is -1.25. The largest absolute Gasteiger partial charge is 0.272 e. The highest BCUT2D eigenvalue weighted by Crippen LogP contribution is 2.60. The van der Waals surface area contributed by atoms with Crippen molar-refractivity contribution in [2.45, 2.75) is 13.3 Å². The monoisotopic (exact) mass is 297 g/mol. The molecule has 6 heteroatoms. The quantitative estimate of drug-likeness (QED) is 0.650. The molecule has 3 aliphatic rings. The molecular weight excluding hydrogens is 282 g/mol. The lowest BCUT2D eigenvalue weighted by atomic mass is 9.71. The fourth-order valence-electron chi connectivity index (χ4n) is 4.08. The van der Waals surface area contributed by atoms with Gasteiger partial charge in [0, 0.05) is 18.0 Å². The summed E-state index contributed by atoms with van der Waals surface area (Å²) in [5, 5.41) is 0.916. The topological polar surface area (TPSA) is 79.4 Å². The third-order valence-corrected chi connectivity index (χ3v) is 5.27. The Kier molecular flexibility index (Phi) is 2.55. The Labute approximate surface area is 127 Å². The predicted molar refractivity (Wildman–Crippen MR) is 75.9 cm³/mol. The lowest BCUT2D eigenvalue weighted by molar-refractivity contribution is -0.145. The molecule has 1 saturated heterocycles. The van der Waals surface area contributed by atoms with Crippen LogP contribution in [0.3, 0.4) is 0 Å². The minimum Gasteiger partial charge on any atom is -0.272 e. The van der Waals surface area contributed by atoms with Crippen LogP contribution >= 0.6 is 0 Å². The molecule has 4 rings (SSSR count). The number of nitrogens with zero attached hydrogens (tertiary/aromatic N) is 2. The van der Waals surface area contributed by atoms with Crippen LogP contribution in [0.15, 0.2) is 36.7 Å². The summed E-state index contributed by atoms with van der Waals surface area (Å²) in [5.41, 5.74) is 2.10. The molecule has 2 heterocycles. The maximum atomic E-state index is 12.7. The van der Waals surface area contributed by atoms with Gasteiger partial charge in [-0.2, -0.15) is 5.01 Å². The fourth-order valence-corrected chi connectivity index (χ4v) is 4.08. The first-order chi connectivity index (χ1) is 10.5. The van der Waals surface area contributed by atoms with E-state index in [0.717, 1.165) is 11.4 Å². The van der Waals surface area contributed by atoms with Crippen LogP contribution in [0, 0.1) is 23.2 Å². The van der Waals surface area contributed by atoms with Crippen LogP contribution in [-0.2, 0) is 9.59 Å². The van der Waals surface area contributed by atoms with Gasteiger partial charge in [0.15, 0.2) is 0 Å². The summed E-state index contributed by atoms with van der Waals surface area (Å²) < 4.78 is 0. The van der Waals surface area contributed by atoms with E-state index >= 15 is 0 Å². The van der Waals surface area contributed by atoms with Crippen LogP contribution in [0.25, 0.3) is 0 Å². The third kappa shape index (κ3) is 1.49. The van der Waals surface area contributed by atoms with Gasteiger partial charge in [0.05, 0.1) is 11.3 Å². The fraction of sp³-hybridized carbons (Fsp3) is 0.375. The lowest BCUT2D eigenvalue weighted by Gasteiger charge is -2.28. The van der Waals surface area contributed by atoms with E-state index in [4.69, 9.17) is 0 Å². The molecule has 1 saturated carbocycles. The number of carbonyl (C=O) groups is 3. The molecule has 3 amide bonds. The number of pyridine rings is 1. The van der Waals surface area contributed by atoms with Crippen molar-refractivity contribution < 1.29 is 14.4 Å². The maximum Gasteiger partial charge on any atom is 0.270 e. The molecule has 22 heavy (non-hydrogen) atoms. The first kappa shape index (κ1) is 13.2. The average Bonchev–Trinajstić information content (AvgIpc) is 3.16. The summed E-state index contributed by atoms with van der Waals surface area (Å²) in [6.45, 7) is 1.84. The molecule has 1 N–H and O–H groups in total. The number of hydrogen-bond donors (Lipinski definition) is 1. The minimum absolute atomic E-state index is 0.0850. The summed E-state index contributed by atoms with van der Waals surface area (Å²) in [6, 6.07) is 3.07. The standard InChI is InChI=1S/C16H15N3O3/c1-16-11-3-2-10(8-11)12(16)14(21)19(15(16)22)18-13(20)9-4-6-17-7-5-9/h2-7,10-12H,8H2,1H3,(H,18,20)/t10-,11-,12-,16+/m0/s1. The van der Waals surface area contributed by atoms with Gasteiger partial charge < -0.3 is 0 Å². The van der Waals surface area contributed by atoms with Gasteiger partial charge in [0.1, 0.15) is 0 Å². The maximum absolute atomic E-state index is 12.7. The zero-order valence-electron chi connectivity index (χ0n) is 12.0. The van der Waals surface area contributed by atoms with E-state index in [-0.39, 0.29) is 29.6 Å². The summed E-state index contributed by atoms with van der Waals surface area (Å²) in [7, 11) is 0. The Balaban J connectivity index is 1.61. The second-order valence-corrected chi connectivity index (χ2v) is 6.31. The van der Waals surface area contributed by atoms with Crippen molar-refractivity contribution >= 4 is 17.7 Å². The molecule has 0 aromatic carbocycles. The van der Waals surface area contributed by atoms with E-state index < -0.39 is 11.3 Å². The number of hydrogen-bond acceptors (Lipinski definition) is 4. The highest BCUT2D eigenvalue weighted by atomic mass is 16.2. The smallest absolute Gasteiger partial charge is 0.270 e. The molecule has 2 fully saturated rings. The first-order valence-electron chi connectivity index (χ1n) is 7.31. The van der Waals surface area contributed by atoms with Crippen LogP contribution in [-0.4, -0.2) is 27.7 Å². The van der Waals surface area contributed by atoms with Crippen molar-refractivity contribution in [2.75, 3.05) is 0 Å². The number of carbonyl (C=O) groups excluding carboxylic acids is 3. The van der Waals surface area contributed by atoms with Gasteiger partial charge in [0.2, 0.25) is 0 Å². The average molecular weight is 297 g/mol. The van der Waals surface area contributed by atoms with Crippen LogP contribution < -0.4 is 5.43 Å². The van der Waals surface area contributed by atoms with Crippen molar-refractivity contribution in [3.8, 4) is 0 Å². The number of hydrazine groups is 1. The molecule has 2 aliphatic carbocycles. The van der Waals surface area contributed by atoms with Crippen LogP contribution in [0.1, 0.15) is 23.7 Å². The van der Waals surface area contributed by atoms with Gasteiger partial charge in [-0.25, -0.2) is 0 Å². The molecule has 4 atom stereocenters. The highest BCUT2D eigenvalue weighted by molar-refractivity contribution is 6.10. The van der Waals surface area contributed by atoms with E-state index in [1.807, 2.05) is 19.1 Å². The van der Waals surface area contributed by atoms with Gasteiger partial charge in [-0.05, 0) is 37.3 Å². The van der Waals surface area contributed by atoms with Crippen molar-refractivity contribution in [3.05, 3.63) is 42.2 Å². The Bertz CT molecular complexity index is 715. The second kappa shape index (κ2) is 4.25. The van der Waals surface area contributed by atoms with E-state index in [0.29, 0.717) is 5.56 Å². The summed E-state index contributed by atoms with van der Waals surface area (Å²) in [4.78, 5) is 41.4. The number of imide groups is 1. The first-order valence-corrected chi connectivity index (χ1v) is 7.31. The van der Waals surface area contributed by atoms with Crippen molar-refractivity contribution in [1.82, 2.24) is 15.4 Å². The number of amides is 3. The number of nitrogens with one attached hydrogen (secondary N) is 1. The van der Waals surface area contributed by atoms with E-state index in [2.05, 4.69) is 10.4 Å². The zero-order chi connectivity index (χ0) is 15.5. The zero-order valence-corrected chi connectivity index (χ0v) is 12.0. The van der Waals surface area contributed by atoms with Gasteiger partial charge in [0.25, 0.3) is 17.7 Å². The number of aromatic nitrogens is 1. The molecule has 6 nitrogen and oxygen atoms in total. The minimum atomic E-state index is -0.720. The summed E-state index contributed by atoms with van der Waals surface area (Å²) in [6.07, 6.45) is 7.88. The van der Waals surface area contributed by atoms with Crippen LogP contribution in [0.4, 0.5) is 0 Å². The molecule has 112 valence electrons. The SMILES string of the molecule is C[C@]12C(=O)N(NC(=O)c3ccncc3)C(=O)[C@@H]1[C@H]1C=C[C@H]2C1. The second-order valence-electron chi connectivity index (χ2n) is 6.31. The Hall–Kier alpha value is -2.50. The van der Waals surface area contributed by atoms with Crippen molar-refractivity contribution in [3.63, 3.8) is 0 Å².